The highest BCUT2D eigenvalue weighted by molar-refractivity contribution is 5.94. The fourth-order valence-electron chi connectivity index (χ4n) is 2.86. The number of nitrogens with two attached hydrogens (primary N) is 1. The molecule has 1 amide bonds. The first kappa shape index (κ1) is 15.0. The molecule has 0 saturated carbocycles. The highest BCUT2D eigenvalue weighted by Crippen LogP contribution is 2.22. The minimum absolute atomic E-state index is 0.0856. The molecule has 1 heterocycles. The number of benzene rings is 1. The number of carbonyl (C=O) groups excluding carboxylic acids is 1. The van der Waals surface area contributed by atoms with Gasteiger partial charge >= 0.3 is 0 Å². The summed E-state index contributed by atoms with van der Waals surface area (Å²) < 4.78 is 0. The normalized spacial score (nSPS) is 19.1. The number of piperidine rings is 1. The van der Waals surface area contributed by atoms with Gasteiger partial charge in [0.15, 0.2) is 0 Å². The van der Waals surface area contributed by atoms with Crippen LogP contribution in [0.3, 0.4) is 0 Å². The second kappa shape index (κ2) is 7.41. The molecule has 1 saturated heterocycles. The van der Waals surface area contributed by atoms with Crippen molar-refractivity contribution in [1.29, 1.82) is 0 Å². The Hall–Kier alpha value is -1.39. The highest BCUT2D eigenvalue weighted by Gasteiger charge is 2.26. The number of hydrogen-bond acceptors (Lipinski definition) is 3. The summed E-state index contributed by atoms with van der Waals surface area (Å²) in [7, 11) is 0. The summed E-state index contributed by atoms with van der Waals surface area (Å²) in [4.78, 5) is 14.5. The van der Waals surface area contributed by atoms with E-state index in [2.05, 4.69) is 0 Å². The zero-order valence-corrected chi connectivity index (χ0v) is 11.9. The number of aliphatic hydroxyl groups is 1. The van der Waals surface area contributed by atoms with E-state index in [-0.39, 0.29) is 18.6 Å². The second-order valence-corrected chi connectivity index (χ2v) is 5.40. The van der Waals surface area contributed by atoms with Crippen LogP contribution in [0.2, 0.25) is 0 Å². The third kappa shape index (κ3) is 3.58. The van der Waals surface area contributed by atoms with Crippen molar-refractivity contribution in [2.24, 2.45) is 5.73 Å². The number of rotatable bonds is 5. The Bertz CT molecular complexity index is 429. The van der Waals surface area contributed by atoms with Crippen LogP contribution in [0.5, 0.6) is 0 Å². The van der Waals surface area contributed by atoms with Crippen LogP contribution >= 0.6 is 0 Å². The Morgan fingerprint density at radius 1 is 1.30 bits per heavy atom. The zero-order valence-electron chi connectivity index (χ0n) is 11.9. The van der Waals surface area contributed by atoms with Gasteiger partial charge in [0, 0.05) is 24.8 Å². The quantitative estimate of drug-likeness (QED) is 0.858. The van der Waals surface area contributed by atoms with Crippen LogP contribution in [0, 0.1) is 0 Å². The summed E-state index contributed by atoms with van der Waals surface area (Å²) in [5.41, 5.74) is 7.42. The molecule has 0 aliphatic carbocycles. The lowest BCUT2D eigenvalue weighted by molar-refractivity contribution is 0.0574. The average Bonchev–Trinajstić information content (AvgIpc) is 2.49. The van der Waals surface area contributed by atoms with Gasteiger partial charge in [-0.2, -0.15) is 0 Å². The van der Waals surface area contributed by atoms with Gasteiger partial charge < -0.3 is 15.7 Å². The molecular weight excluding hydrogens is 252 g/mol. The Labute approximate surface area is 120 Å². The Balaban J connectivity index is 2.08. The van der Waals surface area contributed by atoms with E-state index in [4.69, 9.17) is 10.8 Å². The van der Waals surface area contributed by atoms with E-state index >= 15 is 0 Å². The van der Waals surface area contributed by atoms with Crippen molar-refractivity contribution in [2.75, 3.05) is 19.7 Å². The smallest absolute Gasteiger partial charge is 0.254 e. The molecule has 1 fully saturated rings. The molecule has 1 aromatic rings. The average molecular weight is 276 g/mol. The zero-order chi connectivity index (χ0) is 14.4. The predicted molar refractivity (Wildman–Crippen MR) is 79.6 cm³/mol. The molecule has 0 aromatic heterocycles. The molecule has 1 unspecified atom stereocenters. The number of amides is 1. The van der Waals surface area contributed by atoms with E-state index in [1.165, 1.54) is 0 Å². The molecular formula is C16H24N2O2. The summed E-state index contributed by atoms with van der Waals surface area (Å²) in [6.45, 7) is 1.57. The Kier molecular flexibility index (Phi) is 5.56. The maximum absolute atomic E-state index is 12.6. The lowest BCUT2D eigenvalue weighted by Crippen LogP contribution is -2.44. The topological polar surface area (TPSA) is 66.6 Å². The summed E-state index contributed by atoms with van der Waals surface area (Å²) >= 11 is 0. The summed E-state index contributed by atoms with van der Waals surface area (Å²) in [6, 6.07) is 7.91. The third-order valence-corrected chi connectivity index (χ3v) is 3.98. The van der Waals surface area contributed by atoms with E-state index < -0.39 is 0 Å². The standard InChI is InChI=1S/C16H24N2O2/c17-10-8-13-4-6-14(7-5-13)16(20)18-11-2-1-3-15(18)9-12-19/h4-7,15,19H,1-3,8-12,17H2. The maximum atomic E-state index is 12.6. The predicted octanol–water partition coefficient (Wildman–Crippen LogP) is 1.56. The van der Waals surface area contributed by atoms with Gasteiger partial charge in [0.05, 0.1) is 0 Å². The molecule has 1 aliphatic rings. The molecule has 1 atom stereocenters. The van der Waals surface area contributed by atoms with Gasteiger partial charge in [-0.3, -0.25) is 4.79 Å². The molecule has 20 heavy (non-hydrogen) atoms. The van der Waals surface area contributed by atoms with Gasteiger partial charge in [0.1, 0.15) is 0 Å². The van der Waals surface area contributed by atoms with Crippen LogP contribution in [0.1, 0.15) is 41.6 Å². The molecule has 1 aromatic carbocycles. The molecule has 4 nitrogen and oxygen atoms in total. The fourth-order valence-corrected chi connectivity index (χ4v) is 2.86. The number of carbonyl (C=O) groups is 1. The molecule has 4 heteroatoms. The minimum atomic E-state index is 0.0856. The largest absolute Gasteiger partial charge is 0.396 e. The van der Waals surface area contributed by atoms with Gasteiger partial charge in [0.2, 0.25) is 0 Å². The van der Waals surface area contributed by atoms with Gasteiger partial charge in [0.25, 0.3) is 5.91 Å². The van der Waals surface area contributed by atoms with Crippen molar-refractivity contribution in [3.05, 3.63) is 35.4 Å². The van der Waals surface area contributed by atoms with Crippen LogP contribution in [-0.2, 0) is 6.42 Å². The minimum Gasteiger partial charge on any atom is -0.396 e. The summed E-state index contributed by atoms with van der Waals surface area (Å²) in [6.07, 6.45) is 4.71. The Morgan fingerprint density at radius 3 is 2.70 bits per heavy atom. The highest BCUT2D eigenvalue weighted by atomic mass is 16.3. The van der Waals surface area contributed by atoms with Crippen molar-refractivity contribution in [3.8, 4) is 0 Å². The van der Waals surface area contributed by atoms with Crippen molar-refractivity contribution in [1.82, 2.24) is 4.90 Å². The van der Waals surface area contributed by atoms with E-state index in [1.807, 2.05) is 29.2 Å². The lowest BCUT2D eigenvalue weighted by atomic mass is 9.98. The molecule has 0 radical (unpaired) electrons. The first-order chi connectivity index (χ1) is 9.76. The van der Waals surface area contributed by atoms with Gasteiger partial charge in [-0.15, -0.1) is 0 Å². The number of likely N-dealkylation sites (tertiary alicyclic amines) is 1. The van der Waals surface area contributed by atoms with E-state index in [0.717, 1.165) is 43.4 Å². The van der Waals surface area contributed by atoms with Gasteiger partial charge in [-0.25, -0.2) is 0 Å². The lowest BCUT2D eigenvalue weighted by Gasteiger charge is -2.35. The molecule has 3 N–H and O–H groups in total. The van der Waals surface area contributed by atoms with Crippen LogP contribution in [0.25, 0.3) is 0 Å². The SMILES string of the molecule is NCCc1ccc(C(=O)N2CCCCC2CCO)cc1. The summed E-state index contributed by atoms with van der Waals surface area (Å²) in [5.74, 6) is 0.0856. The van der Waals surface area contributed by atoms with Crippen molar-refractivity contribution >= 4 is 5.91 Å². The second-order valence-electron chi connectivity index (χ2n) is 5.40. The van der Waals surface area contributed by atoms with Crippen LogP contribution < -0.4 is 5.73 Å². The van der Waals surface area contributed by atoms with Crippen molar-refractivity contribution in [3.63, 3.8) is 0 Å². The van der Waals surface area contributed by atoms with E-state index in [0.29, 0.717) is 13.0 Å². The van der Waals surface area contributed by atoms with Crippen LogP contribution in [0.4, 0.5) is 0 Å². The fraction of sp³-hybridized carbons (Fsp3) is 0.562. The molecule has 0 bridgehead atoms. The van der Waals surface area contributed by atoms with E-state index in [9.17, 15) is 4.79 Å². The first-order valence-corrected chi connectivity index (χ1v) is 7.47. The van der Waals surface area contributed by atoms with Gasteiger partial charge in [-0.05, 0) is 56.3 Å². The van der Waals surface area contributed by atoms with Crippen LogP contribution in [-0.4, -0.2) is 41.7 Å². The monoisotopic (exact) mass is 276 g/mol. The molecule has 0 spiro atoms. The number of aliphatic hydroxyl groups excluding tert-OH is 1. The van der Waals surface area contributed by atoms with Gasteiger partial charge in [-0.1, -0.05) is 12.1 Å². The molecule has 110 valence electrons. The van der Waals surface area contributed by atoms with Crippen LogP contribution in [0.15, 0.2) is 24.3 Å². The van der Waals surface area contributed by atoms with Crippen molar-refractivity contribution < 1.29 is 9.90 Å². The molecule has 1 aliphatic heterocycles. The molecule has 2 rings (SSSR count). The van der Waals surface area contributed by atoms with E-state index in [1.54, 1.807) is 0 Å². The van der Waals surface area contributed by atoms with Crippen molar-refractivity contribution in [2.45, 2.75) is 38.1 Å². The third-order valence-electron chi connectivity index (χ3n) is 3.98. The maximum Gasteiger partial charge on any atom is 0.254 e. The summed E-state index contributed by atoms with van der Waals surface area (Å²) in [5, 5.41) is 9.13. The Morgan fingerprint density at radius 2 is 2.05 bits per heavy atom. The number of nitrogens with zero attached hydrogens (tertiary/aromatic N) is 1. The first-order valence-electron chi connectivity index (χ1n) is 7.47. The number of hydrogen-bond donors (Lipinski definition) is 2.